The maximum absolute atomic E-state index is 8.68. The third-order valence-corrected chi connectivity index (χ3v) is 2.46. The zero-order chi connectivity index (χ0) is 8.81. The molecule has 12 heavy (non-hydrogen) atoms. The van der Waals surface area contributed by atoms with Gasteiger partial charge in [0.05, 0.1) is 10.6 Å². The van der Waals surface area contributed by atoms with Gasteiger partial charge in [-0.25, -0.2) is 0 Å². The summed E-state index contributed by atoms with van der Waals surface area (Å²) in [6.07, 6.45) is 1.60. The van der Waals surface area contributed by atoms with Crippen molar-refractivity contribution >= 4 is 17.0 Å². The van der Waals surface area contributed by atoms with Crippen molar-refractivity contribution in [2.75, 3.05) is 6.54 Å². The summed E-state index contributed by atoms with van der Waals surface area (Å²) in [7, 11) is 0. The lowest BCUT2D eigenvalue weighted by Gasteiger charge is -1.98. The molecule has 3 nitrogen and oxygen atoms in total. The van der Waals surface area contributed by atoms with E-state index in [-0.39, 0.29) is 0 Å². The zero-order valence-electron chi connectivity index (χ0n) is 6.73. The van der Waals surface area contributed by atoms with E-state index >= 15 is 0 Å². The molecule has 1 heterocycles. The van der Waals surface area contributed by atoms with Gasteiger partial charge in [-0.05, 0) is 30.8 Å². The molecule has 0 saturated heterocycles. The van der Waals surface area contributed by atoms with Gasteiger partial charge in [-0.1, -0.05) is 11.2 Å². The van der Waals surface area contributed by atoms with Crippen molar-refractivity contribution in [2.45, 2.75) is 12.8 Å². The molecule has 0 aliphatic heterocycles. The van der Waals surface area contributed by atoms with E-state index in [2.05, 4.69) is 5.16 Å². The minimum atomic E-state index is 0.629. The Morgan fingerprint density at radius 1 is 1.67 bits per heavy atom. The van der Waals surface area contributed by atoms with Gasteiger partial charge in [0.1, 0.15) is 0 Å². The number of nitrogens with two attached hydrogens (primary N) is 1. The highest BCUT2D eigenvalue weighted by atomic mass is 32.1. The molecule has 66 valence electrons. The molecular formula is C8H12N2OS. The van der Waals surface area contributed by atoms with Gasteiger partial charge in [0, 0.05) is 0 Å². The first kappa shape index (κ1) is 9.22. The minimum Gasteiger partial charge on any atom is -0.411 e. The second kappa shape index (κ2) is 4.90. The average molecular weight is 184 g/mol. The predicted octanol–water partition coefficient (Wildman–Crippen LogP) is 1.67. The topological polar surface area (TPSA) is 58.6 Å². The standard InChI is InChI=1S/C8H12N2OS/c9-5-1-3-7(10-11)8-4-2-6-12-8/h2,4,6,11H,1,3,5,9H2. The number of rotatable bonds is 4. The summed E-state index contributed by atoms with van der Waals surface area (Å²) in [5.41, 5.74) is 6.08. The van der Waals surface area contributed by atoms with Gasteiger partial charge >= 0.3 is 0 Å². The van der Waals surface area contributed by atoms with Gasteiger partial charge in [-0.15, -0.1) is 11.3 Å². The van der Waals surface area contributed by atoms with Crippen molar-refractivity contribution in [2.24, 2.45) is 10.9 Å². The number of oxime groups is 1. The fourth-order valence-corrected chi connectivity index (χ4v) is 1.67. The Kier molecular flexibility index (Phi) is 3.76. The van der Waals surface area contributed by atoms with Gasteiger partial charge in [0.2, 0.25) is 0 Å². The average Bonchev–Trinajstić information content (AvgIpc) is 2.59. The maximum atomic E-state index is 8.68. The lowest BCUT2D eigenvalue weighted by Crippen LogP contribution is -2.04. The Morgan fingerprint density at radius 3 is 3.00 bits per heavy atom. The van der Waals surface area contributed by atoms with Crippen molar-refractivity contribution in [3.63, 3.8) is 0 Å². The second-order valence-corrected chi connectivity index (χ2v) is 3.36. The molecule has 0 atom stereocenters. The molecule has 0 amide bonds. The summed E-state index contributed by atoms with van der Waals surface area (Å²) >= 11 is 1.57. The monoisotopic (exact) mass is 184 g/mol. The van der Waals surface area contributed by atoms with Crippen LogP contribution in [0.15, 0.2) is 22.7 Å². The van der Waals surface area contributed by atoms with Gasteiger partial charge in [0.15, 0.2) is 0 Å². The number of nitrogens with zero attached hydrogens (tertiary/aromatic N) is 1. The predicted molar refractivity (Wildman–Crippen MR) is 50.9 cm³/mol. The number of hydrogen-bond acceptors (Lipinski definition) is 4. The molecular weight excluding hydrogens is 172 g/mol. The molecule has 0 aromatic carbocycles. The molecule has 0 spiro atoms. The van der Waals surface area contributed by atoms with Crippen LogP contribution in [0.25, 0.3) is 0 Å². The van der Waals surface area contributed by atoms with E-state index in [1.165, 1.54) is 0 Å². The van der Waals surface area contributed by atoms with Crippen LogP contribution in [-0.4, -0.2) is 17.5 Å². The summed E-state index contributed by atoms with van der Waals surface area (Å²) in [6, 6.07) is 3.88. The van der Waals surface area contributed by atoms with E-state index in [9.17, 15) is 0 Å². The summed E-state index contributed by atoms with van der Waals surface area (Å²) in [5.74, 6) is 0. The first-order valence-electron chi connectivity index (χ1n) is 3.83. The molecule has 0 radical (unpaired) electrons. The van der Waals surface area contributed by atoms with Crippen LogP contribution in [0, 0.1) is 0 Å². The van der Waals surface area contributed by atoms with E-state index in [0.717, 1.165) is 23.4 Å². The smallest absolute Gasteiger partial charge is 0.0967 e. The SMILES string of the molecule is NCCCC(=NO)c1cccs1. The van der Waals surface area contributed by atoms with Gasteiger partial charge in [-0.3, -0.25) is 0 Å². The molecule has 1 rings (SSSR count). The summed E-state index contributed by atoms with van der Waals surface area (Å²) in [5, 5.41) is 13.9. The van der Waals surface area contributed by atoms with Crippen LogP contribution in [0.2, 0.25) is 0 Å². The molecule has 1 aromatic rings. The van der Waals surface area contributed by atoms with Crippen LogP contribution in [0.4, 0.5) is 0 Å². The molecule has 0 fully saturated rings. The van der Waals surface area contributed by atoms with E-state index in [1.807, 2.05) is 17.5 Å². The largest absolute Gasteiger partial charge is 0.411 e. The highest BCUT2D eigenvalue weighted by molar-refractivity contribution is 7.12. The Balaban J connectivity index is 2.59. The highest BCUT2D eigenvalue weighted by Crippen LogP contribution is 2.12. The van der Waals surface area contributed by atoms with E-state index < -0.39 is 0 Å². The number of hydrogen-bond donors (Lipinski definition) is 2. The Labute approximate surface area is 75.5 Å². The van der Waals surface area contributed by atoms with Crippen molar-refractivity contribution in [1.82, 2.24) is 0 Å². The maximum Gasteiger partial charge on any atom is 0.0967 e. The van der Waals surface area contributed by atoms with Crippen LogP contribution in [-0.2, 0) is 0 Å². The Bertz CT molecular complexity index is 244. The molecule has 3 N–H and O–H groups in total. The van der Waals surface area contributed by atoms with E-state index in [1.54, 1.807) is 11.3 Å². The first-order valence-corrected chi connectivity index (χ1v) is 4.71. The van der Waals surface area contributed by atoms with Crippen LogP contribution in [0.3, 0.4) is 0 Å². The van der Waals surface area contributed by atoms with Crippen LogP contribution in [0.1, 0.15) is 17.7 Å². The van der Waals surface area contributed by atoms with Crippen LogP contribution < -0.4 is 5.73 Å². The molecule has 0 bridgehead atoms. The van der Waals surface area contributed by atoms with Gasteiger partial charge in [-0.2, -0.15) is 0 Å². The van der Waals surface area contributed by atoms with Crippen molar-refractivity contribution in [1.29, 1.82) is 0 Å². The fourth-order valence-electron chi connectivity index (χ4n) is 0.935. The Morgan fingerprint density at radius 2 is 2.50 bits per heavy atom. The van der Waals surface area contributed by atoms with Gasteiger partial charge < -0.3 is 10.9 Å². The molecule has 0 unspecified atom stereocenters. The first-order chi connectivity index (χ1) is 5.88. The van der Waals surface area contributed by atoms with Crippen molar-refractivity contribution in [3.05, 3.63) is 22.4 Å². The highest BCUT2D eigenvalue weighted by Gasteiger charge is 2.03. The molecule has 0 saturated carbocycles. The van der Waals surface area contributed by atoms with Gasteiger partial charge in [0.25, 0.3) is 0 Å². The molecule has 0 aliphatic rings. The second-order valence-electron chi connectivity index (χ2n) is 2.42. The van der Waals surface area contributed by atoms with E-state index in [0.29, 0.717) is 6.54 Å². The van der Waals surface area contributed by atoms with Crippen LogP contribution in [0.5, 0.6) is 0 Å². The summed E-state index contributed by atoms with van der Waals surface area (Å²) < 4.78 is 0. The zero-order valence-corrected chi connectivity index (χ0v) is 7.55. The molecule has 1 aromatic heterocycles. The van der Waals surface area contributed by atoms with Crippen LogP contribution >= 0.6 is 11.3 Å². The van der Waals surface area contributed by atoms with E-state index in [4.69, 9.17) is 10.9 Å². The van der Waals surface area contributed by atoms with Crippen molar-refractivity contribution < 1.29 is 5.21 Å². The Hall–Kier alpha value is -0.870. The normalized spacial score (nSPS) is 11.9. The lowest BCUT2D eigenvalue weighted by atomic mass is 10.2. The lowest BCUT2D eigenvalue weighted by molar-refractivity contribution is 0.318. The van der Waals surface area contributed by atoms with Crippen molar-refractivity contribution in [3.8, 4) is 0 Å². The molecule has 4 heteroatoms. The fraction of sp³-hybridized carbons (Fsp3) is 0.375. The quantitative estimate of drug-likeness (QED) is 0.425. The molecule has 0 aliphatic carbocycles. The number of thiophene rings is 1. The third-order valence-electron chi connectivity index (χ3n) is 1.54. The minimum absolute atomic E-state index is 0.629. The third kappa shape index (κ3) is 2.32. The summed E-state index contributed by atoms with van der Waals surface area (Å²) in [4.78, 5) is 1.02. The summed E-state index contributed by atoms with van der Waals surface area (Å²) in [6.45, 7) is 0.629.